The molecule has 1 aliphatic carbocycles. The Bertz CT molecular complexity index is 1320. The lowest BCUT2D eigenvalue weighted by atomic mass is 10.0. The Hall–Kier alpha value is -3.19. The van der Waals surface area contributed by atoms with Gasteiger partial charge >= 0.3 is 5.97 Å². The van der Waals surface area contributed by atoms with Gasteiger partial charge in [-0.2, -0.15) is 0 Å². The molecule has 0 unspecified atom stereocenters. The van der Waals surface area contributed by atoms with Crippen LogP contribution < -0.4 is 5.56 Å². The van der Waals surface area contributed by atoms with Crippen molar-refractivity contribution in [2.45, 2.75) is 32.3 Å². The summed E-state index contributed by atoms with van der Waals surface area (Å²) in [7, 11) is 0. The van der Waals surface area contributed by atoms with Crippen LogP contribution in [0.4, 0.5) is 0 Å². The predicted molar refractivity (Wildman–Crippen MR) is 111 cm³/mol. The Labute approximate surface area is 170 Å². The molecule has 0 atom stereocenters. The van der Waals surface area contributed by atoms with Gasteiger partial charge < -0.3 is 9.84 Å². The number of thiazole rings is 1. The first kappa shape index (κ1) is 17.9. The lowest BCUT2D eigenvalue weighted by Crippen LogP contribution is -2.18. The van der Waals surface area contributed by atoms with Crippen molar-refractivity contribution >= 4 is 33.0 Å². The van der Waals surface area contributed by atoms with Gasteiger partial charge in [-0.25, -0.2) is 9.78 Å². The van der Waals surface area contributed by atoms with Gasteiger partial charge in [0.2, 0.25) is 0 Å². The van der Waals surface area contributed by atoms with Crippen LogP contribution in [0.1, 0.15) is 39.5 Å². The third kappa shape index (κ3) is 3.07. The van der Waals surface area contributed by atoms with Gasteiger partial charge in [-0.15, -0.1) is 11.3 Å². The largest absolute Gasteiger partial charge is 0.506 e. The van der Waals surface area contributed by atoms with E-state index in [-0.39, 0.29) is 23.5 Å². The highest BCUT2D eigenvalue weighted by Crippen LogP contribution is 2.30. The number of esters is 1. The molecule has 0 aliphatic heterocycles. The molecule has 2 aromatic heterocycles. The van der Waals surface area contributed by atoms with Crippen molar-refractivity contribution in [2.24, 2.45) is 0 Å². The van der Waals surface area contributed by atoms with Crippen molar-refractivity contribution in [3.8, 4) is 5.75 Å². The molecule has 0 saturated carbocycles. The van der Waals surface area contributed by atoms with Crippen LogP contribution >= 0.6 is 11.3 Å². The quantitative estimate of drug-likeness (QED) is 0.523. The average molecular weight is 406 g/mol. The minimum absolute atomic E-state index is 0.0908. The van der Waals surface area contributed by atoms with Crippen LogP contribution in [0.15, 0.2) is 47.3 Å². The molecule has 0 spiro atoms. The van der Waals surface area contributed by atoms with Crippen molar-refractivity contribution in [2.75, 3.05) is 0 Å². The lowest BCUT2D eigenvalue weighted by molar-refractivity contribution is 0.0465. The summed E-state index contributed by atoms with van der Waals surface area (Å²) in [5.41, 5.74) is 1.42. The molecular formula is C22H18N2O4S. The molecule has 2 heterocycles. The van der Waals surface area contributed by atoms with Crippen LogP contribution in [0.25, 0.3) is 15.7 Å². The number of hydrogen-bond acceptors (Lipinski definition) is 6. The molecule has 1 aliphatic rings. The van der Waals surface area contributed by atoms with E-state index in [9.17, 15) is 14.7 Å². The lowest BCUT2D eigenvalue weighted by Gasteiger charge is -2.10. The molecule has 0 fully saturated rings. The molecule has 0 radical (unpaired) electrons. The van der Waals surface area contributed by atoms with E-state index in [0.717, 1.165) is 36.8 Å². The molecule has 0 saturated heterocycles. The van der Waals surface area contributed by atoms with Crippen LogP contribution in [-0.4, -0.2) is 20.5 Å². The van der Waals surface area contributed by atoms with Gasteiger partial charge in [0.05, 0.1) is 5.69 Å². The first-order valence-electron chi connectivity index (χ1n) is 9.53. The van der Waals surface area contributed by atoms with E-state index in [1.807, 2.05) is 12.1 Å². The maximum atomic E-state index is 12.6. The first-order chi connectivity index (χ1) is 14.1. The van der Waals surface area contributed by atoms with Gasteiger partial charge in [0.1, 0.15) is 17.9 Å². The van der Waals surface area contributed by atoms with E-state index in [1.165, 1.54) is 22.3 Å². The van der Waals surface area contributed by atoms with Crippen molar-refractivity contribution in [1.29, 1.82) is 0 Å². The minimum Gasteiger partial charge on any atom is -0.506 e. The fourth-order valence-electron chi connectivity index (χ4n) is 3.85. The number of phenols is 1. The summed E-state index contributed by atoms with van der Waals surface area (Å²) in [4.78, 5) is 31.5. The van der Waals surface area contributed by atoms with Crippen LogP contribution in [0.3, 0.4) is 0 Å². The van der Waals surface area contributed by atoms with Gasteiger partial charge in [-0.1, -0.05) is 30.3 Å². The Balaban J connectivity index is 1.41. The second-order valence-electron chi connectivity index (χ2n) is 7.14. The monoisotopic (exact) mass is 406 g/mol. The second kappa shape index (κ2) is 7.00. The van der Waals surface area contributed by atoms with Crippen LogP contribution in [0.2, 0.25) is 0 Å². The highest BCUT2D eigenvalue weighted by molar-refractivity contribution is 7.17. The topological polar surface area (TPSA) is 80.9 Å². The summed E-state index contributed by atoms with van der Waals surface area (Å²) in [5.74, 6) is -0.761. The van der Waals surface area contributed by atoms with Crippen LogP contribution in [0.5, 0.6) is 5.75 Å². The summed E-state index contributed by atoms with van der Waals surface area (Å²) in [5, 5.41) is 11.9. The zero-order valence-electron chi connectivity index (χ0n) is 15.6. The number of aromatic hydroxyl groups is 1. The molecule has 29 heavy (non-hydrogen) atoms. The van der Waals surface area contributed by atoms with E-state index in [2.05, 4.69) is 4.98 Å². The Morgan fingerprint density at radius 1 is 1.17 bits per heavy atom. The fourth-order valence-corrected chi connectivity index (χ4v) is 5.09. The Kier molecular flexibility index (Phi) is 4.32. The maximum Gasteiger partial charge on any atom is 0.342 e. The zero-order valence-corrected chi connectivity index (χ0v) is 16.4. The average Bonchev–Trinajstić information content (AvgIpc) is 3.11. The summed E-state index contributed by atoms with van der Waals surface area (Å²) in [6.07, 6.45) is 4.09. The molecule has 4 aromatic rings. The highest BCUT2D eigenvalue weighted by atomic mass is 32.1. The number of ether oxygens (including phenoxy) is 1. The van der Waals surface area contributed by atoms with E-state index in [4.69, 9.17) is 4.74 Å². The minimum atomic E-state index is -0.652. The summed E-state index contributed by atoms with van der Waals surface area (Å²) in [6.45, 7) is -0.126. The molecule has 146 valence electrons. The number of aromatic nitrogens is 2. The second-order valence-corrected chi connectivity index (χ2v) is 8.20. The molecule has 0 bridgehead atoms. The van der Waals surface area contributed by atoms with Gasteiger partial charge in [0.25, 0.3) is 5.56 Å². The number of nitrogens with zero attached hydrogens (tertiary/aromatic N) is 2. The zero-order chi connectivity index (χ0) is 20.0. The van der Waals surface area contributed by atoms with Crippen molar-refractivity contribution in [3.05, 3.63) is 74.6 Å². The molecule has 7 heteroatoms. The Morgan fingerprint density at radius 3 is 2.90 bits per heavy atom. The summed E-state index contributed by atoms with van der Waals surface area (Å²) >= 11 is 1.53. The van der Waals surface area contributed by atoms with E-state index in [1.54, 1.807) is 28.7 Å². The van der Waals surface area contributed by atoms with Gasteiger partial charge in [-0.3, -0.25) is 9.20 Å². The predicted octanol–water partition coefficient (Wildman–Crippen LogP) is 3.85. The normalized spacial score (nSPS) is 13.5. The molecule has 1 N–H and O–H groups in total. The fraction of sp³-hybridized carbons (Fsp3) is 0.227. The highest BCUT2D eigenvalue weighted by Gasteiger charge is 2.19. The van der Waals surface area contributed by atoms with E-state index >= 15 is 0 Å². The van der Waals surface area contributed by atoms with Crippen molar-refractivity contribution in [3.63, 3.8) is 0 Å². The van der Waals surface area contributed by atoms with Gasteiger partial charge in [0, 0.05) is 22.0 Å². The number of carbonyl (C=O) groups excluding carboxylic acids is 1. The maximum absolute atomic E-state index is 12.6. The first-order valence-corrected chi connectivity index (χ1v) is 10.3. The molecule has 5 rings (SSSR count). The molecular weight excluding hydrogens is 388 g/mol. The summed E-state index contributed by atoms with van der Waals surface area (Å²) < 4.78 is 7.03. The smallest absolute Gasteiger partial charge is 0.342 e. The number of rotatable bonds is 3. The standard InChI is InChI=1S/C22H18N2O4S/c25-19-11-14(23-22-24(19)17-7-3-4-8-18(17)29-22)12-28-21(27)16-10-9-13-5-1-2-6-15(13)20(16)26/h1-2,5-6,9-11,26H,3-4,7-8,12H2. The number of fused-ring (bicyclic) bond motifs is 4. The third-order valence-electron chi connectivity index (χ3n) is 5.29. The van der Waals surface area contributed by atoms with Crippen LogP contribution in [-0.2, 0) is 24.2 Å². The van der Waals surface area contributed by atoms with Crippen LogP contribution in [0, 0.1) is 0 Å². The molecule has 6 nitrogen and oxygen atoms in total. The molecule has 0 amide bonds. The van der Waals surface area contributed by atoms with Gasteiger partial charge in [0.15, 0.2) is 4.96 Å². The van der Waals surface area contributed by atoms with Gasteiger partial charge in [-0.05, 0) is 37.1 Å². The number of phenolic OH excluding ortho intramolecular Hbond substituents is 1. The third-order valence-corrected chi connectivity index (χ3v) is 6.43. The SMILES string of the molecule is O=C(OCc1cc(=O)n2c3c(sc2n1)CCCC3)c1ccc2ccccc2c1O. The van der Waals surface area contributed by atoms with Crippen molar-refractivity contribution < 1.29 is 14.6 Å². The number of hydrogen-bond donors (Lipinski definition) is 1. The van der Waals surface area contributed by atoms with E-state index < -0.39 is 5.97 Å². The molecule has 2 aromatic carbocycles. The van der Waals surface area contributed by atoms with E-state index in [0.29, 0.717) is 16.0 Å². The summed E-state index contributed by atoms with van der Waals surface area (Å²) in [6, 6.07) is 12.0. The Morgan fingerprint density at radius 2 is 2.00 bits per heavy atom. The van der Waals surface area contributed by atoms with Crippen molar-refractivity contribution in [1.82, 2.24) is 9.38 Å². The number of aryl methyl sites for hydroxylation is 2. The number of benzene rings is 2. The number of carbonyl (C=O) groups is 1.